The quantitative estimate of drug-likeness (QED) is 0.441. The van der Waals surface area contributed by atoms with Crippen LogP contribution in [-0.2, 0) is 0 Å². The average Bonchev–Trinajstić information content (AvgIpc) is 2.71. The number of nitrogens with one attached hydrogen (secondary N) is 1. The average molecular weight is 465 g/mol. The summed E-state index contributed by atoms with van der Waals surface area (Å²) in [5.74, 6) is -2.25. The highest BCUT2D eigenvalue weighted by atomic mass is 19.4. The smallest absolute Gasteiger partial charge is 0.419 e. The Morgan fingerprint density at radius 3 is 2.64 bits per heavy atom. The van der Waals surface area contributed by atoms with E-state index in [9.17, 15) is 32.2 Å². The molecule has 3 aromatic rings. The Morgan fingerprint density at radius 2 is 1.97 bits per heavy atom. The summed E-state index contributed by atoms with van der Waals surface area (Å²) in [5.41, 5.74) is -3.61. The number of allylic oxidation sites excluding steroid dienone is 1. The molecule has 0 amide bonds. The second-order valence-electron chi connectivity index (χ2n) is 7.98. The Bertz CT molecular complexity index is 1270. The van der Waals surface area contributed by atoms with E-state index in [2.05, 4.69) is 15.3 Å². The van der Waals surface area contributed by atoms with Crippen LogP contribution in [0.2, 0.25) is 0 Å². The van der Waals surface area contributed by atoms with Crippen molar-refractivity contribution < 1.29 is 32.2 Å². The van der Waals surface area contributed by atoms with Crippen LogP contribution in [0.3, 0.4) is 0 Å². The van der Waals surface area contributed by atoms with E-state index in [1.165, 1.54) is 12.3 Å². The molecule has 2 atom stereocenters. The van der Waals surface area contributed by atoms with Gasteiger partial charge in [0.2, 0.25) is 0 Å². The number of fused-ring (bicyclic) bond motifs is 2. The van der Waals surface area contributed by atoms with Crippen molar-refractivity contribution in [3.8, 4) is 5.75 Å². The molecule has 1 heterocycles. The van der Waals surface area contributed by atoms with Crippen molar-refractivity contribution in [1.29, 1.82) is 0 Å². The lowest BCUT2D eigenvalue weighted by Gasteiger charge is -2.44. The Hall–Kier alpha value is -3.27. The molecule has 4 rings (SSSR count). The molecule has 10 heteroatoms. The van der Waals surface area contributed by atoms with Gasteiger partial charge in [-0.1, -0.05) is 19.1 Å². The fourth-order valence-electron chi connectivity index (χ4n) is 4.25. The number of aliphatic hydroxyl groups is 1. The van der Waals surface area contributed by atoms with E-state index in [1.807, 2.05) is 0 Å². The minimum absolute atomic E-state index is 0.0366. The van der Waals surface area contributed by atoms with Crippen LogP contribution in [0.15, 0.2) is 36.5 Å². The molecular weight excluding hydrogens is 445 g/mol. The first-order valence-corrected chi connectivity index (χ1v) is 10.2. The number of rotatable bonds is 3. The number of phenolic OH excluding ortho intramolecular Hbond substituents is 1. The lowest BCUT2D eigenvalue weighted by Crippen LogP contribution is -2.54. The van der Waals surface area contributed by atoms with Gasteiger partial charge in [0, 0.05) is 35.3 Å². The fraction of sp³-hybridized carbons (Fsp3) is 0.304. The van der Waals surface area contributed by atoms with Gasteiger partial charge in [-0.25, -0.2) is 18.7 Å². The minimum Gasteiger partial charge on any atom is -0.504 e. The van der Waals surface area contributed by atoms with Gasteiger partial charge in [0.05, 0.1) is 11.6 Å². The second-order valence-corrected chi connectivity index (χ2v) is 7.98. The summed E-state index contributed by atoms with van der Waals surface area (Å²) < 4.78 is 71.2. The Kier molecular flexibility index (Phi) is 5.52. The predicted molar refractivity (Wildman–Crippen MR) is 113 cm³/mol. The molecule has 1 aliphatic carbocycles. The van der Waals surface area contributed by atoms with Crippen molar-refractivity contribution in [3.63, 3.8) is 0 Å². The molecule has 0 saturated carbocycles. The van der Waals surface area contributed by atoms with Gasteiger partial charge in [-0.15, -0.1) is 0 Å². The number of aromatic hydroxyl groups is 1. The molecule has 33 heavy (non-hydrogen) atoms. The van der Waals surface area contributed by atoms with Crippen LogP contribution in [0.5, 0.6) is 5.75 Å². The molecule has 0 saturated heterocycles. The fourth-order valence-corrected chi connectivity index (χ4v) is 4.25. The third-order valence-corrected chi connectivity index (χ3v) is 5.76. The van der Waals surface area contributed by atoms with E-state index in [4.69, 9.17) is 0 Å². The number of hydrogen-bond donors (Lipinski definition) is 3. The lowest BCUT2D eigenvalue weighted by molar-refractivity contribution is -0.265. The standard InChI is InChI=1S/C23H20F5N3O2/c1-3-4-12-9-22(33,23(26,27)28)21(14-5-6-16(25)20(32)19(12)14)31-18-8-13(24)7-17-15(18)10-29-11(2)30-17/h4-8,10,21,31-33H,3,9H2,1-2H3/b12-4+/t21-,22-/m0/s1. The van der Waals surface area contributed by atoms with Gasteiger partial charge >= 0.3 is 6.18 Å². The van der Waals surface area contributed by atoms with Crippen molar-refractivity contribution in [2.24, 2.45) is 0 Å². The Labute approximate surface area is 185 Å². The van der Waals surface area contributed by atoms with E-state index in [-0.39, 0.29) is 33.3 Å². The summed E-state index contributed by atoms with van der Waals surface area (Å²) in [6, 6.07) is 2.09. The van der Waals surface area contributed by atoms with Crippen LogP contribution in [-0.4, -0.2) is 32.0 Å². The molecule has 1 aromatic heterocycles. The maximum atomic E-state index is 14.3. The van der Waals surface area contributed by atoms with E-state index >= 15 is 0 Å². The zero-order valence-corrected chi connectivity index (χ0v) is 17.6. The first-order chi connectivity index (χ1) is 15.5. The van der Waals surface area contributed by atoms with E-state index in [0.29, 0.717) is 12.2 Å². The zero-order valence-electron chi connectivity index (χ0n) is 17.6. The van der Waals surface area contributed by atoms with Crippen molar-refractivity contribution in [2.45, 2.75) is 44.5 Å². The number of phenols is 1. The van der Waals surface area contributed by atoms with Crippen molar-refractivity contribution in [3.05, 3.63) is 65.1 Å². The van der Waals surface area contributed by atoms with Crippen LogP contribution >= 0.6 is 0 Å². The van der Waals surface area contributed by atoms with Crippen molar-refractivity contribution in [2.75, 3.05) is 5.32 Å². The molecule has 0 unspecified atom stereocenters. The van der Waals surface area contributed by atoms with Crippen LogP contribution < -0.4 is 5.32 Å². The molecule has 1 aliphatic rings. The second kappa shape index (κ2) is 7.95. The summed E-state index contributed by atoms with van der Waals surface area (Å²) in [6.07, 6.45) is -3.02. The molecule has 174 valence electrons. The van der Waals surface area contributed by atoms with Gasteiger partial charge < -0.3 is 15.5 Å². The first-order valence-electron chi connectivity index (χ1n) is 10.2. The van der Waals surface area contributed by atoms with Gasteiger partial charge in [0.15, 0.2) is 17.2 Å². The van der Waals surface area contributed by atoms with Crippen LogP contribution in [0.1, 0.15) is 42.8 Å². The van der Waals surface area contributed by atoms with Crippen LogP contribution in [0.25, 0.3) is 16.5 Å². The highest BCUT2D eigenvalue weighted by Crippen LogP contribution is 2.54. The van der Waals surface area contributed by atoms with E-state index in [0.717, 1.165) is 24.3 Å². The number of halogens is 5. The summed E-state index contributed by atoms with van der Waals surface area (Å²) in [5, 5.41) is 24.2. The van der Waals surface area contributed by atoms with Gasteiger partial charge in [0.1, 0.15) is 11.6 Å². The summed E-state index contributed by atoms with van der Waals surface area (Å²) in [7, 11) is 0. The van der Waals surface area contributed by atoms with Gasteiger partial charge in [-0.2, -0.15) is 13.2 Å². The molecule has 0 bridgehead atoms. The van der Waals surface area contributed by atoms with Crippen LogP contribution in [0, 0.1) is 18.6 Å². The van der Waals surface area contributed by atoms with Crippen molar-refractivity contribution >= 4 is 22.2 Å². The SMILES string of the molecule is CC/C=C1\C[C@@](O)(C(F)(F)F)[C@@H](Nc2cc(F)cc3nc(C)ncc23)c2ccc(F)c(O)c21. The molecule has 0 radical (unpaired) electrons. The number of anilines is 1. The largest absolute Gasteiger partial charge is 0.504 e. The third-order valence-electron chi connectivity index (χ3n) is 5.76. The van der Waals surface area contributed by atoms with E-state index < -0.39 is 41.6 Å². The third kappa shape index (κ3) is 3.78. The zero-order chi connectivity index (χ0) is 24.1. The summed E-state index contributed by atoms with van der Waals surface area (Å²) >= 11 is 0. The molecule has 2 aromatic carbocycles. The summed E-state index contributed by atoms with van der Waals surface area (Å²) in [6.45, 7) is 3.25. The maximum Gasteiger partial charge on any atom is 0.419 e. The number of alkyl halides is 3. The van der Waals surface area contributed by atoms with E-state index in [1.54, 1.807) is 13.8 Å². The molecule has 0 spiro atoms. The lowest BCUT2D eigenvalue weighted by atomic mass is 9.72. The first kappa shape index (κ1) is 22.9. The highest BCUT2D eigenvalue weighted by molar-refractivity contribution is 5.91. The van der Waals surface area contributed by atoms with Crippen molar-refractivity contribution in [1.82, 2.24) is 9.97 Å². The van der Waals surface area contributed by atoms with Gasteiger partial charge in [-0.05, 0) is 36.6 Å². The monoisotopic (exact) mass is 465 g/mol. The van der Waals surface area contributed by atoms with Gasteiger partial charge in [0.25, 0.3) is 0 Å². The predicted octanol–water partition coefficient (Wildman–Crippen LogP) is 5.57. The minimum atomic E-state index is -5.12. The van der Waals surface area contributed by atoms with Gasteiger partial charge in [-0.3, -0.25) is 0 Å². The number of benzene rings is 2. The number of nitrogens with zero attached hydrogens (tertiary/aromatic N) is 2. The maximum absolute atomic E-state index is 14.3. The number of hydrogen-bond acceptors (Lipinski definition) is 5. The molecule has 0 aliphatic heterocycles. The summed E-state index contributed by atoms with van der Waals surface area (Å²) in [4.78, 5) is 8.13. The Balaban J connectivity index is 1.98. The highest BCUT2D eigenvalue weighted by Gasteiger charge is 2.62. The molecule has 0 fully saturated rings. The molecular formula is C23H20F5N3O2. The molecule has 5 nitrogen and oxygen atoms in total. The number of aromatic nitrogens is 2. The number of aryl methyl sites for hydroxylation is 1. The topological polar surface area (TPSA) is 78.3 Å². The van der Waals surface area contributed by atoms with Crippen LogP contribution in [0.4, 0.5) is 27.6 Å². The molecule has 3 N–H and O–H groups in total. The normalized spacial score (nSPS) is 21.9. The Morgan fingerprint density at radius 1 is 1.24 bits per heavy atom.